The minimum atomic E-state index is -1.30. The molecular formula is C26H27BrN2O3. The molecule has 1 aliphatic carbocycles. The Morgan fingerprint density at radius 1 is 1.12 bits per heavy atom. The molecule has 6 heteroatoms. The standard InChI is InChI=1S/C26H27BrN2O3/c1-29(2)16-19-13-21(17-7-5-4-6-8-17)26(18-9-11-20(27)12-10-18)25(19,30)24-22(31-3)14-28-15-23(24)32-26/h4-12,14-15,19,21,30H,13,16H2,1-3H3. The summed E-state index contributed by atoms with van der Waals surface area (Å²) in [4.78, 5) is 6.46. The average Bonchev–Trinajstić information content (AvgIpc) is 3.20. The predicted molar refractivity (Wildman–Crippen MR) is 127 cm³/mol. The van der Waals surface area contributed by atoms with Crippen LogP contribution in [0.2, 0.25) is 0 Å². The van der Waals surface area contributed by atoms with Gasteiger partial charge in [0, 0.05) is 22.9 Å². The molecular weight excluding hydrogens is 468 g/mol. The predicted octanol–water partition coefficient (Wildman–Crippen LogP) is 4.69. The van der Waals surface area contributed by atoms with E-state index in [1.54, 1.807) is 19.5 Å². The lowest BCUT2D eigenvalue weighted by Gasteiger charge is -2.42. The molecule has 0 amide bonds. The summed E-state index contributed by atoms with van der Waals surface area (Å²) < 4.78 is 13.5. The van der Waals surface area contributed by atoms with Crippen LogP contribution in [-0.4, -0.2) is 42.7 Å². The molecule has 5 rings (SSSR count). The third-order valence-corrected chi connectivity index (χ3v) is 7.51. The number of hydrogen-bond donors (Lipinski definition) is 1. The Labute approximate surface area is 197 Å². The number of benzene rings is 2. The van der Waals surface area contributed by atoms with E-state index in [-0.39, 0.29) is 11.8 Å². The van der Waals surface area contributed by atoms with Gasteiger partial charge in [0.05, 0.1) is 25.1 Å². The molecule has 2 heterocycles. The van der Waals surface area contributed by atoms with Gasteiger partial charge in [-0.25, -0.2) is 0 Å². The van der Waals surface area contributed by atoms with Crippen molar-refractivity contribution < 1.29 is 14.6 Å². The molecule has 0 spiro atoms. The molecule has 1 aliphatic heterocycles. The minimum Gasteiger partial charge on any atom is -0.495 e. The van der Waals surface area contributed by atoms with Gasteiger partial charge in [0.25, 0.3) is 0 Å². The molecule has 4 unspecified atom stereocenters. The molecule has 2 aliphatic rings. The summed E-state index contributed by atoms with van der Waals surface area (Å²) in [5.41, 5.74) is 0.485. The van der Waals surface area contributed by atoms with Crippen molar-refractivity contribution in [3.63, 3.8) is 0 Å². The number of methoxy groups -OCH3 is 1. The van der Waals surface area contributed by atoms with E-state index >= 15 is 0 Å². The third-order valence-electron chi connectivity index (χ3n) is 6.98. The lowest BCUT2D eigenvalue weighted by molar-refractivity contribution is -0.130. The summed E-state index contributed by atoms with van der Waals surface area (Å²) in [6.07, 6.45) is 4.14. The number of halogens is 1. The number of hydrogen-bond acceptors (Lipinski definition) is 5. The summed E-state index contributed by atoms with van der Waals surface area (Å²) in [5.74, 6) is 1.00. The van der Waals surface area contributed by atoms with E-state index in [1.165, 1.54) is 0 Å². The summed E-state index contributed by atoms with van der Waals surface area (Å²) in [6.45, 7) is 0.715. The van der Waals surface area contributed by atoms with Crippen molar-refractivity contribution in [1.82, 2.24) is 9.88 Å². The molecule has 166 valence electrons. The second-order valence-electron chi connectivity index (χ2n) is 8.98. The molecule has 2 aromatic carbocycles. The van der Waals surface area contributed by atoms with Crippen LogP contribution >= 0.6 is 15.9 Å². The summed E-state index contributed by atoms with van der Waals surface area (Å²) in [6, 6.07) is 18.5. The highest BCUT2D eigenvalue weighted by Crippen LogP contribution is 2.69. The Morgan fingerprint density at radius 2 is 1.84 bits per heavy atom. The lowest BCUT2D eigenvalue weighted by atomic mass is 9.70. The first-order chi connectivity index (χ1) is 15.4. The van der Waals surface area contributed by atoms with Gasteiger partial charge in [0.2, 0.25) is 0 Å². The molecule has 4 atom stereocenters. The van der Waals surface area contributed by atoms with Gasteiger partial charge in [0.15, 0.2) is 5.60 Å². The van der Waals surface area contributed by atoms with Crippen LogP contribution in [0.5, 0.6) is 11.5 Å². The Morgan fingerprint density at radius 3 is 2.50 bits per heavy atom. The first kappa shape index (κ1) is 21.4. The maximum atomic E-state index is 12.8. The first-order valence-electron chi connectivity index (χ1n) is 10.8. The number of rotatable bonds is 5. The van der Waals surface area contributed by atoms with Crippen LogP contribution in [0.15, 0.2) is 71.5 Å². The van der Waals surface area contributed by atoms with Crippen molar-refractivity contribution in [1.29, 1.82) is 0 Å². The minimum absolute atomic E-state index is 0.0584. The molecule has 1 saturated carbocycles. The summed E-state index contributed by atoms with van der Waals surface area (Å²) in [5, 5.41) is 12.8. The van der Waals surface area contributed by atoms with Crippen LogP contribution in [0.4, 0.5) is 0 Å². The smallest absolute Gasteiger partial charge is 0.174 e. The second-order valence-corrected chi connectivity index (χ2v) is 9.90. The molecule has 1 fully saturated rings. The monoisotopic (exact) mass is 494 g/mol. The number of nitrogens with zero attached hydrogens (tertiary/aromatic N) is 2. The molecule has 3 aromatic rings. The van der Waals surface area contributed by atoms with Gasteiger partial charge < -0.3 is 19.5 Å². The van der Waals surface area contributed by atoms with Gasteiger partial charge in [-0.3, -0.25) is 4.98 Å². The van der Waals surface area contributed by atoms with Gasteiger partial charge in [-0.1, -0.05) is 58.4 Å². The summed E-state index contributed by atoms with van der Waals surface area (Å²) in [7, 11) is 5.70. The van der Waals surface area contributed by atoms with Crippen molar-refractivity contribution >= 4 is 15.9 Å². The van der Waals surface area contributed by atoms with E-state index in [0.717, 1.165) is 22.0 Å². The number of aromatic nitrogens is 1. The molecule has 0 bridgehead atoms. The van der Waals surface area contributed by atoms with Crippen LogP contribution in [0.25, 0.3) is 0 Å². The zero-order valence-electron chi connectivity index (χ0n) is 18.5. The van der Waals surface area contributed by atoms with E-state index in [0.29, 0.717) is 23.6 Å². The van der Waals surface area contributed by atoms with E-state index in [1.807, 2.05) is 44.4 Å². The Kier molecular flexibility index (Phi) is 5.27. The second kappa shape index (κ2) is 7.87. The SMILES string of the molecule is COc1cncc2c1C1(O)C(CN(C)C)CC(c3ccccc3)C1(c1ccc(Br)cc1)O2. The van der Waals surface area contributed by atoms with Crippen molar-refractivity contribution in [3.8, 4) is 11.5 Å². The highest BCUT2D eigenvalue weighted by atomic mass is 79.9. The van der Waals surface area contributed by atoms with Crippen molar-refractivity contribution in [2.24, 2.45) is 5.92 Å². The van der Waals surface area contributed by atoms with E-state index < -0.39 is 11.2 Å². The maximum absolute atomic E-state index is 12.8. The lowest BCUT2D eigenvalue weighted by Crippen LogP contribution is -2.51. The Balaban J connectivity index is 1.82. The highest BCUT2D eigenvalue weighted by Gasteiger charge is 2.73. The van der Waals surface area contributed by atoms with Gasteiger partial charge in [0.1, 0.15) is 17.1 Å². The van der Waals surface area contributed by atoms with Crippen molar-refractivity contribution in [2.75, 3.05) is 27.7 Å². The fourth-order valence-corrected chi connectivity index (χ4v) is 6.08. The van der Waals surface area contributed by atoms with E-state index in [4.69, 9.17) is 9.47 Å². The van der Waals surface area contributed by atoms with Gasteiger partial charge in [-0.15, -0.1) is 0 Å². The van der Waals surface area contributed by atoms with Gasteiger partial charge in [-0.05, 0) is 43.8 Å². The van der Waals surface area contributed by atoms with Crippen LogP contribution in [0.1, 0.15) is 29.0 Å². The number of pyridine rings is 1. The first-order valence-corrected chi connectivity index (χ1v) is 11.6. The highest BCUT2D eigenvalue weighted by molar-refractivity contribution is 9.10. The zero-order valence-corrected chi connectivity index (χ0v) is 20.0. The quantitative estimate of drug-likeness (QED) is 0.557. The fraction of sp³-hybridized carbons (Fsp3) is 0.346. The van der Waals surface area contributed by atoms with Crippen molar-refractivity contribution in [2.45, 2.75) is 23.5 Å². The molecule has 0 radical (unpaired) electrons. The van der Waals surface area contributed by atoms with Crippen LogP contribution < -0.4 is 9.47 Å². The molecule has 32 heavy (non-hydrogen) atoms. The Hall–Kier alpha value is -2.41. The normalized spacial score (nSPS) is 28.3. The molecule has 1 N–H and O–H groups in total. The van der Waals surface area contributed by atoms with Crippen LogP contribution in [-0.2, 0) is 11.2 Å². The average molecular weight is 495 g/mol. The third kappa shape index (κ3) is 2.93. The van der Waals surface area contributed by atoms with Crippen LogP contribution in [0.3, 0.4) is 0 Å². The number of ether oxygens (including phenoxy) is 2. The number of aliphatic hydroxyl groups is 1. The van der Waals surface area contributed by atoms with Crippen LogP contribution in [0, 0.1) is 5.92 Å². The molecule has 0 saturated heterocycles. The topological polar surface area (TPSA) is 54.8 Å². The van der Waals surface area contributed by atoms with Gasteiger partial charge in [-0.2, -0.15) is 0 Å². The van der Waals surface area contributed by atoms with Gasteiger partial charge >= 0.3 is 0 Å². The molecule has 1 aromatic heterocycles. The van der Waals surface area contributed by atoms with E-state index in [2.05, 4.69) is 50.1 Å². The fourth-order valence-electron chi connectivity index (χ4n) is 5.81. The zero-order chi connectivity index (χ0) is 22.5. The largest absolute Gasteiger partial charge is 0.495 e. The molecule has 5 nitrogen and oxygen atoms in total. The Bertz CT molecular complexity index is 1120. The summed E-state index contributed by atoms with van der Waals surface area (Å²) >= 11 is 3.55. The van der Waals surface area contributed by atoms with Crippen molar-refractivity contribution in [3.05, 3.63) is 88.2 Å². The van der Waals surface area contributed by atoms with E-state index in [9.17, 15) is 5.11 Å². The number of fused-ring (bicyclic) bond motifs is 3. The maximum Gasteiger partial charge on any atom is 0.174 e.